The van der Waals surface area contributed by atoms with Crippen molar-refractivity contribution in [1.82, 2.24) is 0 Å². The Balaban J connectivity index is 1.57. The summed E-state index contributed by atoms with van der Waals surface area (Å²) in [6.45, 7) is 2.93. The molecule has 0 spiro atoms. The predicted molar refractivity (Wildman–Crippen MR) is 110 cm³/mol. The van der Waals surface area contributed by atoms with Crippen molar-refractivity contribution < 1.29 is 19.0 Å². The number of hydrogen-bond acceptors (Lipinski definition) is 5. The standard InChI is InChI=1S/C23H26O5/c1-2-3-4-5-6-7-14-26-18-9-11-19(12-10-18)27-22-16-23(25)28-21-15-17(24)8-13-20(21)22/h8-13,15-16,24H,2-7,14H2,1H3. The molecule has 0 aliphatic rings. The lowest BCUT2D eigenvalue weighted by molar-refractivity contribution is 0.304. The number of rotatable bonds is 10. The van der Waals surface area contributed by atoms with E-state index >= 15 is 0 Å². The van der Waals surface area contributed by atoms with Crippen molar-refractivity contribution in [1.29, 1.82) is 0 Å². The Kier molecular flexibility index (Phi) is 6.95. The highest BCUT2D eigenvalue weighted by atomic mass is 16.5. The summed E-state index contributed by atoms with van der Waals surface area (Å²) in [7, 11) is 0. The van der Waals surface area contributed by atoms with Gasteiger partial charge in [0.25, 0.3) is 0 Å². The van der Waals surface area contributed by atoms with Gasteiger partial charge in [-0.15, -0.1) is 0 Å². The molecule has 5 heteroatoms. The lowest BCUT2D eigenvalue weighted by Gasteiger charge is -2.10. The number of hydrogen-bond donors (Lipinski definition) is 1. The molecule has 0 saturated heterocycles. The number of benzene rings is 2. The maximum atomic E-state index is 11.7. The summed E-state index contributed by atoms with van der Waals surface area (Å²) in [5, 5.41) is 10.2. The third-order valence-electron chi connectivity index (χ3n) is 4.51. The van der Waals surface area contributed by atoms with Gasteiger partial charge in [-0.05, 0) is 42.8 Å². The fraction of sp³-hybridized carbons (Fsp3) is 0.348. The second-order valence-corrected chi connectivity index (χ2v) is 6.80. The number of aromatic hydroxyl groups is 1. The first-order valence-electron chi connectivity index (χ1n) is 9.83. The van der Waals surface area contributed by atoms with E-state index in [0.29, 0.717) is 23.5 Å². The second-order valence-electron chi connectivity index (χ2n) is 6.80. The van der Waals surface area contributed by atoms with Crippen molar-refractivity contribution in [3.8, 4) is 23.0 Å². The quantitative estimate of drug-likeness (QED) is 0.342. The van der Waals surface area contributed by atoms with Crippen molar-refractivity contribution in [2.24, 2.45) is 0 Å². The van der Waals surface area contributed by atoms with Crippen LogP contribution in [0, 0.1) is 0 Å². The van der Waals surface area contributed by atoms with Gasteiger partial charge in [0.15, 0.2) is 0 Å². The molecule has 2 aromatic carbocycles. The molecule has 0 saturated carbocycles. The van der Waals surface area contributed by atoms with Crippen LogP contribution in [0.3, 0.4) is 0 Å². The van der Waals surface area contributed by atoms with Crippen LogP contribution in [0.15, 0.2) is 57.7 Å². The van der Waals surface area contributed by atoms with Gasteiger partial charge in [-0.2, -0.15) is 0 Å². The van der Waals surface area contributed by atoms with E-state index in [-0.39, 0.29) is 11.3 Å². The van der Waals surface area contributed by atoms with Crippen LogP contribution < -0.4 is 15.1 Å². The zero-order valence-corrected chi connectivity index (χ0v) is 16.1. The fourth-order valence-electron chi connectivity index (χ4n) is 3.01. The maximum absolute atomic E-state index is 11.7. The number of ether oxygens (including phenoxy) is 2. The van der Waals surface area contributed by atoms with Gasteiger partial charge in [0.2, 0.25) is 0 Å². The van der Waals surface area contributed by atoms with E-state index in [9.17, 15) is 9.90 Å². The summed E-state index contributed by atoms with van der Waals surface area (Å²) in [5.74, 6) is 1.79. The molecule has 0 atom stereocenters. The lowest BCUT2D eigenvalue weighted by atomic mass is 10.1. The summed E-state index contributed by atoms with van der Waals surface area (Å²) in [4.78, 5) is 11.7. The van der Waals surface area contributed by atoms with Gasteiger partial charge in [-0.25, -0.2) is 4.79 Å². The van der Waals surface area contributed by atoms with Crippen molar-refractivity contribution in [3.05, 3.63) is 59.0 Å². The Labute approximate surface area is 164 Å². The largest absolute Gasteiger partial charge is 0.508 e. The molecule has 0 aliphatic heterocycles. The molecule has 148 valence electrons. The zero-order chi connectivity index (χ0) is 19.8. The molecule has 0 unspecified atom stereocenters. The van der Waals surface area contributed by atoms with Gasteiger partial charge in [0.05, 0.1) is 18.1 Å². The summed E-state index contributed by atoms with van der Waals surface area (Å²) in [6, 6.07) is 13.2. The van der Waals surface area contributed by atoms with Crippen molar-refractivity contribution in [2.75, 3.05) is 6.61 Å². The Morgan fingerprint density at radius 2 is 1.61 bits per heavy atom. The van der Waals surface area contributed by atoms with Crippen LogP contribution in [0.4, 0.5) is 0 Å². The van der Waals surface area contributed by atoms with Crippen LogP contribution in [0.2, 0.25) is 0 Å². The van der Waals surface area contributed by atoms with E-state index in [4.69, 9.17) is 13.9 Å². The van der Waals surface area contributed by atoms with Crippen molar-refractivity contribution >= 4 is 11.0 Å². The van der Waals surface area contributed by atoms with Gasteiger partial charge in [-0.1, -0.05) is 39.0 Å². The molecule has 0 amide bonds. The first-order valence-corrected chi connectivity index (χ1v) is 9.83. The van der Waals surface area contributed by atoms with Crippen molar-refractivity contribution in [2.45, 2.75) is 45.4 Å². The summed E-state index contributed by atoms with van der Waals surface area (Å²) in [5.41, 5.74) is -0.256. The highest BCUT2D eigenvalue weighted by Gasteiger charge is 2.09. The molecule has 28 heavy (non-hydrogen) atoms. The van der Waals surface area contributed by atoms with Gasteiger partial charge in [-0.3, -0.25) is 0 Å². The average Bonchev–Trinajstić information content (AvgIpc) is 2.68. The number of phenolic OH excluding ortho intramolecular Hbond substituents is 1. The van der Waals surface area contributed by atoms with Gasteiger partial charge in [0.1, 0.15) is 28.6 Å². The van der Waals surface area contributed by atoms with Gasteiger partial charge >= 0.3 is 5.63 Å². The molecule has 0 bridgehead atoms. The monoisotopic (exact) mass is 382 g/mol. The van der Waals surface area contributed by atoms with Crippen LogP contribution in [0.1, 0.15) is 45.4 Å². The molecule has 3 aromatic rings. The van der Waals surface area contributed by atoms with E-state index in [1.165, 1.54) is 50.3 Å². The normalized spacial score (nSPS) is 10.9. The van der Waals surface area contributed by atoms with Crippen LogP contribution >= 0.6 is 0 Å². The third-order valence-corrected chi connectivity index (χ3v) is 4.51. The molecular formula is C23H26O5. The SMILES string of the molecule is CCCCCCCCOc1ccc(Oc2cc(=O)oc3cc(O)ccc23)cc1. The average molecular weight is 382 g/mol. The molecule has 1 heterocycles. The van der Waals surface area contributed by atoms with Crippen LogP contribution in [-0.2, 0) is 0 Å². The number of fused-ring (bicyclic) bond motifs is 1. The topological polar surface area (TPSA) is 68.9 Å². The summed E-state index contributed by atoms with van der Waals surface area (Å²) < 4.78 is 16.7. The minimum atomic E-state index is -0.535. The Morgan fingerprint density at radius 3 is 2.39 bits per heavy atom. The first kappa shape index (κ1) is 19.8. The third kappa shape index (κ3) is 5.52. The maximum Gasteiger partial charge on any atom is 0.339 e. The number of unbranched alkanes of at least 4 members (excludes halogenated alkanes) is 5. The highest BCUT2D eigenvalue weighted by molar-refractivity contribution is 5.84. The molecule has 0 radical (unpaired) electrons. The van der Waals surface area contributed by atoms with Crippen LogP contribution in [-0.4, -0.2) is 11.7 Å². The van der Waals surface area contributed by atoms with Gasteiger partial charge < -0.3 is 19.0 Å². The highest BCUT2D eigenvalue weighted by Crippen LogP contribution is 2.31. The molecule has 1 N–H and O–H groups in total. The Hall–Kier alpha value is -2.95. The molecule has 3 rings (SSSR count). The van der Waals surface area contributed by atoms with Crippen LogP contribution in [0.5, 0.6) is 23.0 Å². The van der Waals surface area contributed by atoms with E-state index in [2.05, 4.69) is 6.92 Å². The smallest absolute Gasteiger partial charge is 0.339 e. The Bertz CT molecular complexity index is 943. The first-order chi connectivity index (χ1) is 13.7. The summed E-state index contributed by atoms with van der Waals surface area (Å²) in [6.07, 6.45) is 7.38. The Morgan fingerprint density at radius 1 is 0.893 bits per heavy atom. The number of phenols is 1. The van der Waals surface area contributed by atoms with Crippen molar-refractivity contribution in [3.63, 3.8) is 0 Å². The predicted octanol–water partition coefficient (Wildman–Crippen LogP) is 6.03. The molecular weight excluding hydrogens is 356 g/mol. The van der Waals surface area contributed by atoms with E-state index < -0.39 is 5.63 Å². The van der Waals surface area contributed by atoms with E-state index in [1.807, 2.05) is 12.1 Å². The minimum Gasteiger partial charge on any atom is -0.508 e. The molecule has 5 nitrogen and oxygen atoms in total. The second kappa shape index (κ2) is 9.83. The summed E-state index contributed by atoms with van der Waals surface area (Å²) >= 11 is 0. The van der Waals surface area contributed by atoms with E-state index in [1.54, 1.807) is 18.2 Å². The molecule has 0 fully saturated rings. The zero-order valence-electron chi connectivity index (χ0n) is 16.1. The van der Waals surface area contributed by atoms with Crippen LogP contribution in [0.25, 0.3) is 11.0 Å². The van der Waals surface area contributed by atoms with E-state index in [0.717, 1.165) is 12.2 Å². The molecule has 0 aliphatic carbocycles. The molecule has 1 aromatic heterocycles. The minimum absolute atomic E-state index is 0.0275. The lowest BCUT2D eigenvalue weighted by Crippen LogP contribution is -1.99. The van der Waals surface area contributed by atoms with Gasteiger partial charge in [0, 0.05) is 6.07 Å². The fourth-order valence-corrected chi connectivity index (χ4v) is 3.01.